The Hall–Kier alpha value is -1.26. The van der Waals surface area contributed by atoms with Gasteiger partial charge in [0.1, 0.15) is 0 Å². The Kier molecular flexibility index (Phi) is 5.84. The predicted octanol–water partition coefficient (Wildman–Crippen LogP) is 1.98. The van der Waals surface area contributed by atoms with Gasteiger partial charge in [0.25, 0.3) is 0 Å². The molecule has 1 rings (SSSR count). The Balaban J connectivity index is 2.30. The number of hydrogen-bond acceptors (Lipinski definition) is 2. The maximum Gasteiger partial charge on any atom is 0.317 e. The second kappa shape index (κ2) is 6.95. The highest BCUT2D eigenvalue weighted by molar-refractivity contribution is 5.77. The quantitative estimate of drug-likeness (QED) is 0.832. The van der Waals surface area contributed by atoms with Crippen LogP contribution in [-0.2, 0) is 4.79 Å². The Morgan fingerprint density at radius 3 is 2.20 bits per heavy atom. The number of likely N-dealkylation sites (tertiary alicyclic amines) is 1. The first kappa shape index (κ1) is 16.8. The minimum absolute atomic E-state index is 0.0159. The van der Waals surface area contributed by atoms with Crippen molar-refractivity contribution in [1.29, 1.82) is 0 Å². The molecule has 0 aromatic rings. The minimum atomic E-state index is -0.195. The molecule has 0 spiro atoms. The fourth-order valence-electron chi connectivity index (χ4n) is 2.19. The van der Waals surface area contributed by atoms with Gasteiger partial charge in [0, 0.05) is 31.1 Å². The highest BCUT2D eigenvalue weighted by Gasteiger charge is 2.25. The van der Waals surface area contributed by atoms with Crippen LogP contribution < -0.4 is 10.6 Å². The number of hydrogen-bond donors (Lipinski definition) is 2. The zero-order valence-corrected chi connectivity index (χ0v) is 13.5. The molecular formula is C15H29N3O2. The van der Waals surface area contributed by atoms with Gasteiger partial charge in [-0.2, -0.15) is 0 Å². The zero-order chi connectivity index (χ0) is 15.3. The Labute approximate surface area is 122 Å². The second-order valence-corrected chi connectivity index (χ2v) is 7.01. The molecule has 0 saturated carbocycles. The van der Waals surface area contributed by atoms with Crippen LogP contribution in [0.4, 0.5) is 4.79 Å². The van der Waals surface area contributed by atoms with E-state index in [9.17, 15) is 9.59 Å². The van der Waals surface area contributed by atoms with Crippen LogP contribution in [0.3, 0.4) is 0 Å². The topological polar surface area (TPSA) is 61.4 Å². The first-order valence-electron chi connectivity index (χ1n) is 7.54. The van der Waals surface area contributed by atoms with Gasteiger partial charge in [0.2, 0.25) is 5.91 Å². The number of nitrogens with one attached hydrogen (secondary N) is 2. The van der Waals surface area contributed by atoms with E-state index >= 15 is 0 Å². The minimum Gasteiger partial charge on any atom is -0.356 e. The molecule has 0 unspecified atom stereocenters. The molecule has 2 N–H and O–H groups in total. The molecule has 0 aliphatic carbocycles. The van der Waals surface area contributed by atoms with Crippen molar-refractivity contribution in [2.24, 2.45) is 11.8 Å². The largest absolute Gasteiger partial charge is 0.356 e. The smallest absolute Gasteiger partial charge is 0.317 e. The summed E-state index contributed by atoms with van der Waals surface area (Å²) in [6.07, 6.45) is 1.91. The lowest BCUT2D eigenvalue weighted by Crippen LogP contribution is -2.51. The van der Waals surface area contributed by atoms with Gasteiger partial charge >= 0.3 is 6.03 Å². The number of rotatable bonds is 3. The van der Waals surface area contributed by atoms with E-state index in [2.05, 4.69) is 10.6 Å². The first-order chi connectivity index (χ1) is 9.19. The van der Waals surface area contributed by atoms with Crippen LogP contribution >= 0.6 is 0 Å². The van der Waals surface area contributed by atoms with Gasteiger partial charge in [-0.3, -0.25) is 4.79 Å². The molecule has 1 aliphatic heterocycles. The summed E-state index contributed by atoms with van der Waals surface area (Å²) in [5.41, 5.74) is -0.195. The van der Waals surface area contributed by atoms with Crippen LogP contribution in [0.15, 0.2) is 0 Å². The van der Waals surface area contributed by atoms with Crippen LogP contribution in [0.1, 0.15) is 47.5 Å². The van der Waals surface area contributed by atoms with Gasteiger partial charge in [-0.1, -0.05) is 13.8 Å². The standard InChI is InChI=1S/C15H29N3O2/c1-11(2)13(19)16-10-12-6-8-18(9-7-12)14(20)17-15(3,4)5/h11-12H,6-10H2,1-5H3,(H,16,19)(H,17,20). The van der Waals surface area contributed by atoms with Crippen molar-refractivity contribution in [2.75, 3.05) is 19.6 Å². The molecule has 0 atom stereocenters. The second-order valence-electron chi connectivity index (χ2n) is 7.01. The Morgan fingerprint density at radius 1 is 1.20 bits per heavy atom. The van der Waals surface area contributed by atoms with E-state index < -0.39 is 0 Å². The summed E-state index contributed by atoms with van der Waals surface area (Å²) in [4.78, 5) is 25.4. The highest BCUT2D eigenvalue weighted by Crippen LogP contribution is 2.17. The van der Waals surface area contributed by atoms with Gasteiger partial charge in [-0.15, -0.1) is 0 Å². The van der Waals surface area contributed by atoms with E-state index in [1.807, 2.05) is 39.5 Å². The lowest BCUT2D eigenvalue weighted by molar-refractivity contribution is -0.124. The molecule has 1 fully saturated rings. The van der Waals surface area contributed by atoms with Crippen LogP contribution in [0, 0.1) is 11.8 Å². The summed E-state index contributed by atoms with van der Waals surface area (Å²) in [5, 5.41) is 5.96. The number of piperidine rings is 1. The fraction of sp³-hybridized carbons (Fsp3) is 0.867. The zero-order valence-electron chi connectivity index (χ0n) is 13.5. The molecule has 0 aromatic heterocycles. The molecule has 5 nitrogen and oxygen atoms in total. The fourth-order valence-corrected chi connectivity index (χ4v) is 2.19. The molecule has 0 radical (unpaired) electrons. The average Bonchev–Trinajstić information content (AvgIpc) is 2.34. The van der Waals surface area contributed by atoms with Crippen molar-refractivity contribution < 1.29 is 9.59 Å². The molecule has 0 bridgehead atoms. The molecule has 3 amide bonds. The van der Waals surface area contributed by atoms with Gasteiger partial charge in [-0.25, -0.2) is 4.79 Å². The summed E-state index contributed by atoms with van der Waals surface area (Å²) in [7, 11) is 0. The SMILES string of the molecule is CC(C)C(=O)NCC1CCN(C(=O)NC(C)(C)C)CC1. The van der Waals surface area contributed by atoms with E-state index in [-0.39, 0.29) is 23.4 Å². The van der Waals surface area contributed by atoms with Crippen molar-refractivity contribution in [2.45, 2.75) is 53.0 Å². The molecule has 5 heteroatoms. The monoisotopic (exact) mass is 283 g/mol. The molecule has 0 aromatic carbocycles. The van der Waals surface area contributed by atoms with Crippen molar-refractivity contribution in [1.82, 2.24) is 15.5 Å². The molecule has 1 aliphatic rings. The Bertz CT molecular complexity index is 340. The van der Waals surface area contributed by atoms with Crippen LogP contribution in [0.5, 0.6) is 0 Å². The maximum atomic E-state index is 12.0. The molecule has 1 heterocycles. The third kappa shape index (κ3) is 5.80. The van der Waals surface area contributed by atoms with Crippen molar-refractivity contribution in [3.63, 3.8) is 0 Å². The molecule has 20 heavy (non-hydrogen) atoms. The van der Waals surface area contributed by atoms with Crippen molar-refractivity contribution >= 4 is 11.9 Å². The lowest BCUT2D eigenvalue weighted by atomic mass is 9.96. The Morgan fingerprint density at radius 2 is 1.75 bits per heavy atom. The number of carbonyl (C=O) groups is 2. The summed E-state index contributed by atoms with van der Waals surface area (Å²) in [5.74, 6) is 0.627. The van der Waals surface area contributed by atoms with E-state index in [0.29, 0.717) is 5.92 Å². The molecular weight excluding hydrogens is 254 g/mol. The summed E-state index contributed by atoms with van der Waals surface area (Å²) < 4.78 is 0. The normalized spacial score (nSPS) is 17.2. The van der Waals surface area contributed by atoms with Crippen LogP contribution in [-0.4, -0.2) is 42.0 Å². The predicted molar refractivity (Wildman–Crippen MR) is 80.4 cm³/mol. The third-order valence-corrected chi connectivity index (χ3v) is 3.47. The van der Waals surface area contributed by atoms with Gasteiger partial charge in [0.15, 0.2) is 0 Å². The van der Waals surface area contributed by atoms with Crippen LogP contribution in [0.25, 0.3) is 0 Å². The number of nitrogens with zero attached hydrogens (tertiary/aromatic N) is 1. The van der Waals surface area contributed by atoms with Crippen molar-refractivity contribution in [3.8, 4) is 0 Å². The molecule has 1 saturated heterocycles. The van der Waals surface area contributed by atoms with E-state index in [1.165, 1.54) is 0 Å². The van der Waals surface area contributed by atoms with Crippen molar-refractivity contribution in [3.05, 3.63) is 0 Å². The van der Waals surface area contributed by atoms with E-state index in [1.54, 1.807) is 0 Å². The average molecular weight is 283 g/mol. The summed E-state index contributed by atoms with van der Waals surface area (Å²) in [6, 6.07) is 0.0159. The first-order valence-corrected chi connectivity index (χ1v) is 7.54. The summed E-state index contributed by atoms with van der Waals surface area (Å²) in [6.45, 7) is 12.0. The van der Waals surface area contributed by atoms with E-state index in [4.69, 9.17) is 0 Å². The number of amides is 3. The summed E-state index contributed by atoms with van der Waals surface area (Å²) >= 11 is 0. The van der Waals surface area contributed by atoms with Gasteiger partial charge in [-0.05, 0) is 39.5 Å². The van der Waals surface area contributed by atoms with Crippen LogP contribution in [0.2, 0.25) is 0 Å². The lowest BCUT2D eigenvalue weighted by Gasteiger charge is -2.34. The van der Waals surface area contributed by atoms with Gasteiger partial charge < -0.3 is 15.5 Å². The third-order valence-electron chi connectivity index (χ3n) is 3.47. The number of urea groups is 1. The molecule has 116 valence electrons. The van der Waals surface area contributed by atoms with Gasteiger partial charge in [0.05, 0.1) is 0 Å². The highest BCUT2D eigenvalue weighted by atomic mass is 16.2. The van der Waals surface area contributed by atoms with E-state index in [0.717, 1.165) is 32.5 Å². The number of carbonyl (C=O) groups excluding carboxylic acids is 2. The maximum absolute atomic E-state index is 12.0.